The molecule has 2 nitrogen and oxygen atoms in total. The minimum Gasteiger partial charge on any atom is -0.390 e. The molecule has 0 spiro atoms. The van der Waals surface area contributed by atoms with Crippen molar-refractivity contribution in [1.29, 1.82) is 0 Å². The standard InChI is InChI=1S/C15H19NO/c17-15-8-11-5-12(9-15)7-14(6-11,10-15)13-1-3-16-4-2-13/h1-4,11-12,17H,5-10H2. The van der Waals surface area contributed by atoms with Gasteiger partial charge in [-0.15, -0.1) is 0 Å². The Morgan fingerprint density at radius 2 is 1.71 bits per heavy atom. The Bertz CT molecular complexity index is 427. The third-order valence-corrected chi connectivity index (χ3v) is 5.32. The fourth-order valence-corrected chi connectivity index (χ4v) is 5.26. The fourth-order valence-electron chi connectivity index (χ4n) is 5.26. The SMILES string of the molecule is OC12CC3CC(C1)CC(c1ccncc1)(C3)C2. The topological polar surface area (TPSA) is 33.1 Å². The Morgan fingerprint density at radius 3 is 2.29 bits per heavy atom. The number of aromatic nitrogens is 1. The second-order valence-electron chi connectivity index (χ2n) is 6.70. The molecule has 4 aliphatic carbocycles. The van der Waals surface area contributed by atoms with Gasteiger partial charge >= 0.3 is 0 Å². The lowest BCUT2D eigenvalue weighted by Gasteiger charge is -2.60. The zero-order valence-electron chi connectivity index (χ0n) is 10.1. The van der Waals surface area contributed by atoms with Gasteiger partial charge in [-0.25, -0.2) is 0 Å². The molecule has 1 aromatic rings. The summed E-state index contributed by atoms with van der Waals surface area (Å²) in [6.45, 7) is 0. The summed E-state index contributed by atoms with van der Waals surface area (Å²) in [5.41, 5.74) is 1.33. The molecule has 4 aliphatic rings. The van der Waals surface area contributed by atoms with Crippen LogP contribution in [-0.2, 0) is 5.41 Å². The maximum Gasteiger partial charge on any atom is 0.0661 e. The smallest absolute Gasteiger partial charge is 0.0661 e. The van der Waals surface area contributed by atoms with Crippen molar-refractivity contribution in [3.63, 3.8) is 0 Å². The molecule has 2 atom stereocenters. The van der Waals surface area contributed by atoms with E-state index in [9.17, 15) is 5.11 Å². The molecule has 4 bridgehead atoms. The Balaban J connectivity index is 1.79. The number of nitrogens with zero attached hydrogens (tertiary/aromatic N) is 1. The lowest BCUT2D eigenvalue weighted by atomic mass is 9.46. The largest absolute Gasteiger partial charge is 0.390 e. The first-order valence-corrected chi connectivity index (χ1v) is 6.80. The van der Waals surface area contributed by atoms with Gasteiger partial charge in [-0.05, 0) is 73.5 Å². The van der Waals surface area contributed by atoms with Crippen molar-refractivity contribution in [3.8, 4) is 0 Å². The van der Waals surface area contributed by atoms with Gasteiger partial charge in [-0.2, -0.15) is 0 Å². The minimum absolute atomic E-state index is 0.266. The van der Waals surface area contributed by atoms with E-state index in [-0.39, 0.29) is 11.0 Å². The van der Waals surface area contributed by atoms with Crippen molar-refractivity contribution >= 4 is 0 Å². The zero-order chi connectivity index (χ0) is 11.5. The van der Waals surface area contributed by atoms with Crippen LogP contribution in [0.15, 0.2) is 24.5 Å². The van der Waals surface area contributed by atoms with Crippen LogP contribution in [0, 0.1) is 11.8 Å². The average Bonchev–Trinajstić information content (AvgIpc) is 2.27. The van der Waals surface area contributed by atoms with Crippen LogP contribution >= 0.6 is 0 Å². The average molecular weight is 229 g/mol. The zero-order valence-corrected chi connectivity index (χ0v) is 10.1. The predicted octanol–water partition coefficient (Wildman–Crippen LogP) is 2.66. The van der Waals surface area contributed by atoms with Crippen molar-refractivity contribution < 1.29 is 5.11 Å². The number of rotatable bonds is 1. The molecule has 2 heteroatoms. The third kappa shape index (κ3) is 1.40. The molecule has 90 valence electrons. The molecule has 0 amide bonds. The Hall–Kier alpha value is -0.890. The van der Waals surface area contributed by atoms with Crippen molar-refractivity contribution in [1.82, 2.24) is 4.98 Å². The summed E-state index contributed by atoms with van der Waals surface area (Å²) in [5, 5.41) is 10.7. The van der Waals surface area contributed by atoms with E-state index in [2.05, 4.69) is 17.1 Å². The van der Waals surface area contributed by atoms with Crippen LogP contribution in [0.5, 0.6) is 0 Å². The predicted molar refractivity (Wildman–Crippen MR) is 65.5 cm³/mol. The molecular formula is C15H19NO. The van der Waals surface area contributed by atoms with Crippen molar-refractivity contribution in [2.45, 2.75) is 49.5 Å². The van der Waals surface area contributed by atoms with Gasteiger partial charge in [-0.3, -0.25) is 4.98 Å². The highest BCUT2D eigenvalue weighted by Crippen LogP contribution is 2.62. The minimum atomic E-state index is -0.354. The number of hydrogen-bond donors (Lipinski definition) is 1. The summed E-state index contributed by atoms with van der Waals surface area (Å²) >= 11 is 0. The Labute approximate surface area is 102 Å². The molecule has 2 unspecified atom stereocenters. The van der Waals surface area contributed by atoms with E-state index in [4.69, 9.17) is 0 Å². The van der Waals surface area contributed by atoms with E-state index in [0.29, 0.717) is 0 Å². The van der Waals surface area contributed by atoms with E-state index in [1.165, 1.54) is 24.8 Å². The molecule has 1 N–H and O–H groups in total. The molecule has 1 aromatic heterocycles. The maximum absolute atomic E-state index is 10.7. The number of aliphatic hydroxyl groups is 1. The van der Waals surface area contributed by atoms with E-state index in [1.54, 1.807) is 0 Å². The second-order valence-corrected chi connectivity index (χ2v) is 6.70. The van der Waals surface area contributed by atoms with E-state index in [0.717, 1.165) is 31.1 Å². The van der Waals surface area contributed by atoms with Crippen LogP contribution in [0.4, 0.5) is 0 Å². The number of hydrogen-bond acceptors (Lipinski definition) is 2. The quantitative estimate of drug-likeness (QED) is 0.803. The van der Waals surface area contributed by atoms with Gasteiger partial charge < -0.3 is 5.11 Å². The van der Waals surface area contributed by atoms with E-state index >= 15 is 0 Å². The molecule has 4 saturated carbocycles. The van der Waals surface area contributed by atoms with Gasteiger partial charge in [0.2, 0.25) is 0 Å². The van der Waals surface area contributed by atoms with Crippen molar-refractivity contribution in [3.05, 3.63) is 30.1 Å². The van der Waals surface area contributed by atoms with Gasteiger partial charge in [0, 0.05) is 12.4 Å². The van der Waals surface area contributed by atoms with Gasteiger partial charge in [-0.1, -0.05) is 0 Å². The Morgan fingerprint density at radius 1 is 1.06 bits per heavy atom. The molecule has 0 aromatic carbocycles. The Kier molecular flexibility index (Phi) is 1.84. The van der Waals surface area contributed by atoms with Gasteiger partial charge in [0.05, 0.1) is 5.60 Å². The lowest BCUT2D eigenvalue weighted by molar-refractivity contribution is -0.137. The first kappa shape index (κ1) is 10.1. The van der Waals surface area contributed by atoms with Crippen LogP contribution in [0.25, 0.3) is 0 Å². The first-order chi connectivity index (χ1) is 8.18. The molecule has 0 aliphatic heterocycles. The molecule has 1 heterocycles. The third-order valence-electron chi connectivity index (χ3n) is 5.32. The summed E-state index contributed by atoms with van der Waals surface area (Å²) < 4.78 is 0. The van der Waals surface area contributed by atoms with Crippen LogP contribution in [0.1, 0.15) is 44.1 Å². The highest BCUT2D eigenvalue weighted by Gasteiger charge is 2.57. The summed E-state index contributed by atoms with van der Waals surface area (Å²) in [4.78, 5) is 4.13. The molecular weight excluding hydrogens is 210 g/mol. The van der Waals surface area contributed by atoms with Gasteiger partial charge in [0.1, 0.15) is 0 Å². The highest BCUT2D eigenvalue weighted by molar-refractivity contribution is 5.29. The summed E-state index contributed by atoms with van der Waals surface area (Å²) in [7, 11) is 0. The first-order valence-electron chi connectivity index (χ1n) is 6.80. The molecule has 17 heavy (non-hydrogen) atoms. The van der Waals surface area contributed by atoms with Crippen LogP contribution in [0.2, 0.25) is 0 Å². The normalized spacial score (nSPS) is 47.4. The second kappa shape index (κ2) is 3.11. The van der Waals surface area contributed by atoms with Gasteiger partial charge in [0.15, 0.2) is 0 Å². The fraction of sp³-hybridized carbons (Fsp3) is 0.667. The van der Waals surface area contributed by atoms with Gasteiger partial charge in [0.25, 0.3) is 0 Å². The van der Waals surface area contributed by atoms with Crippen LogP contribution < -0.4 is 0 Å². The van der Waals surface area contributed by atoms with Crippen LogP contribution in [-0.4, -0.2) is 15.7 Å². The lowest BCUT2D eigenvalue weighted by Crippen LogP contribution is -2.57. The number of pyridine rings is 1. The summed E-state index contributed by atoms with van der Waals surface area (Å²) in [6.07, 6.45) is 10.8. The molecule has 0 radical (unpaired) electrons. The van der Waals surface area contributed by atoms with Crippen LogP contribution in [0.3, 0.4) is 0 Å². The highest BCUT2D eigenvalue weighted by atomic mass is 16.3. The molecule has 4 fully saturated rings. The summed E-state index contributed by atoms with van der Waals surface area (Å²) in [5.74, 6) is 1.52. The van der Waals surface area contributed by atoms with E-state index < -0.39 is 0 Å². The van der Waals surface area contributed by atoms with Crippen molar-refractivity contribution in [2.24, 2.45) is 11.8 Å². The van der Waals surface area contributed by atoms with Crippen molar-refractivity contribution in [2.75, 3.05) is 0 Å². The maximum atomic E-state index is 10.7. The molecule has 5 rings (SSSR count). The summed E-state index contributed by atoms with van der Waals surface area (Å²) in [6, 6.07) is 4.33. The van der Waals surface area contributed by atoms with E-state index in [1.807, 2.05) is 12.4 Å². The molecule has 0 saturated heterocycles. The monoisotopic (exact) mass is 229 g/mol.